The first kappa shape index (κ1) is 16.4. The Morgan fingerprint density at radius 2 is 2.00 bits per heavy atom. The third kappa shape index (κ3) is 4.14. The third-order valence-corrected chi connectivity index (χ3v) is 5.11. The van der Waals surface area contributed by atoms with E-state index in [-0.39, 0.29) is 11.3 Å². The van der Waals surface area contributed by atoms with Gasteiger partial charge < -0.3 is 5.32 Å². The lowest BCUT2D eigenvalue weighted by molar-refractivity contribution is 0.548. The van der Waals surface area contributed by atoms with Crippen LogP contribution in [-0.2, 0) is 17.3 Å². The molecule has 0 radical (unpaired) electrons. The number of rotatable bonds is 7. The van der Waals surface area contributed by atoms with E-state index in [1.54, 1.807) is 6.26 Å². The Balaban J connectivity index is 2.61. The molecular formula is C14H27N3OS. The van der Waals surface area contributed by atoms with E-state index in [1.807, 2.05) is 11.6 Å². The fourth-order valence-electron chi connectivity index (χ4n) is 2.42. The fourth-order valence-corrected chi connectivity index (χ4v) is 2.87. The van der Waals surface area contributed by atoms with Crippen LogP contribution in [-0.4, -0.2) is 32.0 Å². The molecule has 4 nitrogen and oxygen atoms in total. The predicted octanol–water partition coefficient (Wildman–Crippen LogP) is 2.33. The first-order chi connectivity index (χ1) is 8.88. The molecule has 0 fully saturated rings. The Kier molecular flexibility index (Phi) is 6.20. The molecule has 1 heterocycles. The summed E-state index contributed by atoms with van der Waals surface area (Å²) in [6.45, 7) is 12.3. The smallest absolute Gasteiger partial charge is 0.0644 e. The minimum Gasteiger partial charge on any atom is -0.310 e. The number of hydrogen-bond acceptors (Lipinski definition) is 3. The maximum atomic E-state index is 11.3. The number of aromatic nitrogens is 2. The van der Waals surface area contributed by atoms with Crippen molar-refractivity contribution in [3.8, 4) is 0 Å². The van der Waals surface area contributed by atoms with Gasteiger partial charge in [-0.15, -0.1) is 0 Å². The predicted molar refractivity (Wildman–Crippen MR) is 81.9 cm³/mol. The van der Waals surface area contributed by atoms with Gasteiger partial charge in [0.25, 0.3) is 0 Å². The topological polar surface area (TPSA) is 46.9 Å². The van der Waals surface area contributed by atoms with Crippen molar-refractivity contribution >= 4 is 10.8 Å². The van der Waals surface area contributed by atoms with Crippen LogP contribution in [0, 0.1) is 13.8 Å². The Hall–Kier alpha value is -0.680. The summed E-state index contributed by atoms with van der Waals surface area (Å²) >= 11 is 0. The monoisotopic (exact) mass is 285 g/mol. The zero-order valence-electron chi connectivity index (χ0n) is 13.0. The van der Waals surface area contributed by atoms with Gasteiger partial charge in [0.2, 0.25) is 0 Å². The van der Waals surface area contributed by atoms with Crippen LogP contribution in [0.2, 0.25) is 0 Å². The first-order valence-electron chi connectivity index (χ1n) is 6.98. The molecule has 0 saturated carbocycles. The van der Waals surface area contributed by atoms with Crippen LogP contribution in [0.4, 0.5) is 0 Å². The van der Waals surface area contributed by atoms with E-state index >= 15 is 0 Å². The number of nitrogens with zero attached hydrogens (tertiary/aromatic N) is 2. The lowest BCUT2D eigenvalue weighted by Gasteiger charge is -2.16. The van der Waals surface area contributed by atoms with Crippen LogP contribution in [0.25, 0.3) is 0 Å². The highest BCUT2D eigenvalue weighted by Crippen LogP contribution is 2.21. The van der Waals surface area contributed by atoms with Crippen molar-refractivity contribution in [1.82, 2.24) is 15.1 Å². The van der Waals surface area contributed by atoms with Gasteiger partial charge in [0, 0.05) is 46.1 Å². The molecule has 0 bridgehead atoms. The average molecular weight is 285 g/mol. The van der Waals surface area contributed by atoms with Crippen LogP contribution in [0.3, 0.4) is 0 Å². The highest BCUT2D eigenvalue weighted by atomic mass is 32.2. The second-order valence-electron chi connectivity index (χ2n) is 5.17. The van der Waals surface area contributed by atoms with Crippen molar-refractivity contribution in [3.05, 3.63) is 17.0 Å². The Morgan fingerprint density at radius 1 is 1.37 bits per heavy atom. The highest BCUT2D eigenvalue weighted by Gasteiger charge is 2.16. The summed E-state index contributed by atoms with van der Waals surface area (Å²) in [4.78, 5) is 0. The van der Waals surface area contributed by atoms with E-state index < -0.39 is 10.8 Å². The van der Waals surface area contributed by atoms with E-state index in [2.05, 4.69) is 38.1 Å². The molecule has 1 aromatic heterocycles. The molecule has 0 aliphatic rings. The molecule has 3 atom stereocenters. The van der Waals surface area contributed by atoms with E-state index in [4.69, 9.17) is 0 Å². The molecule has 110 valence electrons. The summed E-state index contributed by atoms with van der Waals surface area (Å²) in [5.74, 6) is 0. The SMILES string of the molecule is CCn1nc(C)c(C(C)NCCC(C)S(C)=O)c1C. The normalized spacial score (nSPS) is 16.3. The third-order valence-electron chi connectivity index (χ3n) is 3.74. The van der Waals surface area contributed by atoms with Crippen molar-refractivity contribution in [3.63, 3.8) is 0 Å². The standard InChI is InChI=1S/C14H27N3OS/c1-7-17-13(5)14(12(4)16-17)11(3)15-9-8-10(2)19(6)18/h10-11,15H,7-9H2,1-6H3. The minimum absolute atomic E-state index is 0.250. The minimum atomic E-state index is -0.732. The van der Waals surface area contributed by atoms with Gasteiger partial charge in [-0.25, -0.2) is 0 Å². The van der Waals surface area contributed by atoms with Crippen molar-refractivity contribution in [2.24, 2.45) is 0 Å². The lowest BCUT2D eigenvalue weighted by atomic mass is 10.1. The van der Waals surface area contributed by atoms with Gasteiger partial charge >= 0.3 is 0 Å². The van der Waals surface area contributed by atoms with E-state index in [0.717, 1.165) is 25.2 Å². The number of nitrogens with one attached hydrogen (secondary N) is 1. The summed E-state index contributed by atoms with van der Waals surface area (Å²) in [7, 11) is -0.732. The van der Waals surface area contributed by atoms with Crippen LogP contribution >= 0.6 is 0 Å². The average Bonchev–Trinajstić information content (AvgIpc) is 2.63. The van der Waals surface area contributed by atoms with Crippen LogP contribution in [0.15, 0.2) is 0 Å². The molecule has 1 rings (SSSR count). The van der Waals surface area contributed by atoms with Crippen LogP contribution in [0.5, 0.6) is 0 Å². The van der Waals surface area contributed by atoms with E-state index in [1.165, 1.54) is 11.3 Å². The van der Waals surface area contributed by atoms with Gasteiger partial charge in [0.15, 0.2) is 0 Å². The Bertz CT molecular complexity index is 442. The molecular weight excluding hydrogens is 258 g/mol. The summed E-state index contributed by atoms with van der Waals surface area (Å²) in [6.07, 6.45) is 2.71. The van der Waals surface area contributed by atoms with E-state index in [9.17, 15) is 4.21 Å². The molecule has 1 N–H and O–H groups in total. The summed E-state index contributed by atoms with van der Waals surface area (Å²) in [5, 5.41) is 8.32. The second kappa shape index (κ2) is 7.20. The largest absolute Gasteiger partial charge is 0.310 e. The fraction of sp³-hybridized carbons (Fsp3) is 0.786. The van der Waals surface area contributed by atoms with Crippen LogP contribution < -0.4 is 5.32 Å². The quantitative estimate of drug-likeness (QED) is 0.836. The molecule has 0 spiro atoms. The maximum absolute atomic E-state index is 11.3. The Labute approximate surface area is 119 Å². The van der Waals surface area contributed by atoms with E-state index in [0.29, 0.717) is 0 Å². The number of hydrogen-bond donors (Lipinski definition) is 1. The van der Waals surface area contributed by atoms with Gasteiger partial charge in [0.1, 0.15) is 0 Å². The molecule has 0 amide bonds. The van der Waals surface area contributed by atoms with Gasteiger partial charge in [-0.05, 0) is 40.7 Å². The lowest BCUT2D eigenvalue weighted by Crippen LogP contribution is -2.24. The molecule has 5 heteroatoms. The highest BCUT2D eigenvalue weighted by molar-refractivity contribution is 7.84. The summed E-state index contributed by atoms with van der Waals surface area (Å²) in [5.41, 5.74) is 3.64. The van der Waals surface area contributed by atoms with Crippen molar-refractivity contribution in [1.29, 1.82) is 0 Å². The molecule has 1 aromatic rings. The molecule has 0 aromatic carbocycles. The van der Waals surface area contributed by atoms with Gasteiger partial charge in [-0.1, -0.05) is 6.92 Å². The molecule has 19 heavy (non-hydrogen) atoms. The van der Waals surface area contributed by atoms with Crippen molar-refractivity contribution < 1.29 is 4.21 Å². The Morgan fingerprint density at radius 3 is 2.47 bits per heavy atom. The molecule has 0 aliphatic heterocycles. The van der Waals surface area contributed by atoms with Crippen molar-refractivity contribution in [2.75, 3.05) is 12.8 Å². The molecule has 0 aliphatic carbocycles. The van der Waals surface area contributed by atoms with Gasteiger partial charge in [0.05, 0.1) is 5.69 Å². The zero-order chi connectivity index (χ0) is 14.6. The van der Waals surface area contributed by atoms with Crippen LogP contribution in [0.1, 0.15) is 50.2 Å². The van der Waals surface area contributed by atoms with Gasteiger partial charge in [-0.3, -0.25) is 8.89 Å². The second-order valence-corrected chi connectivity index (χ2v) is 6.98. The summed E-state index contributed by atoms with van der Waals surface area (Å²) < 4.78 is 13.4. The van der Waals surface area contributed by atoms with Crippen molar-refractivity contribution in [2.45, 2.75) is 58.9 Å². The maximum Gasteiger partial charge on any atom is 0.0644 e. The summed E-state index contributed by atoms with van der Waals surface area (Å²) in [6, 6.07) is 0.290. The molecule has 3 unspecified atom stereocenters. The first-order valence-corrected chi connectivity index (χ1v) is 8.60. The number of aryl methyl sites for hydroxylation is 2. The molecule has 0 saturated heterocycles. The van der Waals surface area contributed by atoms with Gasteiger partial charge in [-0.2, -0.15) is 5.10 Å². The zero-order valence-corrected chi connectivity index (χ0v) is 13.8.